The van der Waals surface area contributed by atoms with Crippen LogP contribution >= 0.6 is 27.5 Å². The van der Waals surface area contributed by atoms with Crippen molar-refractivity contribution in [3.8, 4) is 0 Å². The predicted molar refractivity (Wildman–Crippen MR) is 98.3 cm³/mol. The molecule has 0 saturated heterocycles. The summed E-state index contributed by atoms with van der Waals surface area (Å²) in [5.74, 6) is 0.00458. The molecule has 0 fully saturated rings. The van der Waals surface area contributed by atoms with Gasteiger partial charge in [-0.25, -0.2) is 13.4 Å². The van der Waals surface area contributed by atoms with Gasteiger partial charge in [-0.15, -0.1) is 0 Å². The molecule has 23 heavy (non-hydrogen) atoms. The Morgan fingerprint density at radius 2 is 1.78 bits per heavy atom. The summed E-state index contributed by atoms with van der Waals surface area (Å²) in [7, 11) is -3.79. The van der Waals surface area contributed by atoms with E-state index in [4.69, 9.17) is 17.0 Å². The number of hydrogen-bond donors (Lipinski definition) is 2. The number of nitrogens with one attached hydrogen (secondary N) is 2. The van der Waals surface area contributed by atoms with Gasteiger partial charge in [0, 0.05) is 6.20 Å². The molecule has 0 atom stereocenters. The molecule has 0 aliphatic heterocycles. The summed E-state index contributed by atoms with van der Waals surface area (Å²) in [4.78, 5) is 4.06. The second-order valence-corrected chi connectivity index (χ2v) is 7.13. The van der Waals surface area contributed by atoms with Gasteiger partial charge in [-0.1, -0.05) is 43.1 Å². The maximum Gasteiger partial charge on any atom is 0.263 e. The first-order valence-electron chi connectivity index (χ1n) is 6.79. The van der Waals surface area contributed by atoms with Crippen molar-refractivity contribution in [2.75, 3.05) is 4.72 Å². The monoisotopic (exact) mass is 417 g/mol. The van der Waals surface area contributed by atoms with Crippen LogP contribution in [0.5, 0.6) is 0 Å². The SMILES string of the molecule is CC.Cc1ccc(S(=O)(=O)Nc2nccc(Cl)c2C(=N)Br)cc1. The van der Waals surface area contributed by atoms with Crippen LogP contribution in [0.4, 0.5) is 5.82 Å². The average molecular weight is 419 g/mol. The minimum Gasteiger partial charge on any atom is -0.293 e. The molecule has 0 unspecified atom stereocenters. The van der Waals surface area contributed by atoms with E-state index in [9.17, 15) is 8.42 Å². The maximum absolute atomic E-state index is 12.3. The second kappa shape index (κ2) is 8.42. The zero-order valence-corrected chi connectivity index (χ0v) is 16.1. The van der Waals surface area contributed by atoms with Crippen LogP contribution < -0.4 is 4.72 Å². The molecule has 8 heteroatoms. The van der Waals surface area contributed by atoms with Crippen molar-refractivity contribution in [1.82, 2.24) is 4.98 Å². The number of rotatable bonds is 4. The zero-order valence-electron chi connectivity index (χ0n) is 12.9. The van der Waals surface area contributed by atoms with Gasteiger partial charge >= 0.3 is 0 Å². The van der Waals surface area contributed by atoms with Crippen molar-refractivity contribution >= 4 is 48.0 Å². The predicted octanol–water partition coefficient (Wildman–Crippen LogP) is 4.59. The molecular weight excluding hydrogens is 402 g/mol. The third-order valence-corrected chi connectivity index (χ3v) is 4.75. The second-order valence-electron chi connectivity index (χ2n) is 4.25. The Morgan fingerprint density at radius 3 is 2.30 bits per heavy atom. The highest BCUT2D eigenvalue weighted by Gasteiger charge is 2.19. The lowest BCUT2D eigenvalue weighted by atomic mass is 10.2. The molecule has 2 N–H and O–H groups in total. The van der Waals surface area contributed by atoms with E-state index in [1.807, 2.05) is 20.8 Å². The van der Waals surface area contributed by atoms with Gasteiger partial charge in [0.2, 0.25) is 0 Å². The number of benzene rings is 1. The Hall–Kier alpha value is -1.44. The molecule has 2 rings (SSSR count). The first-order chi connectivity index (χ1) is 10.8. The van der Waals surface area contributed by atoms with Gasteiger partial charge in [0.05, 0.1) is 15.5 Å². The molecule has 0 bridgehead atoms. The molecule has 0 aliphatic rings. The summed E-state index contributed by atoms with van der Waals surface area (Å²) in [5, 5.41) is 7.85. The summed E-state index contributed by atoms with van der Waals surface area (Å²) in [6, 6.07) is 7.89. The fourth-order valence-electron chi connectivity index (χ4n) is 1.63. The van der Waals surface area contributed by atoms with Crippen LogP contribution in [-0.4, -0.2) is 18.0 Å². The molecular formula is C15H17BrClN3O2S. The van der Waals surface area contributed by atoms with Crippen molar-refractivity contribution in [3.05, 3.63) is 52.7 Å². The van der Waals surface area contributed by atoms with E-state index in [2.05, 4.69) is 25.6 Å². The minimum absolute atomic E-state index is 0.00458. The van der Waals surface area contributed by atoms with Crippen molar-refractivity contribution in [2.45, 2.75) is 25.7 Å². The molecule has 1 heterocycles. The lowest BCUT2D eigenvalue weighted by Gasteiger charge is -2.11. The third-order valence-electron chi connectivity index (χ3n) is 2.68. The van der Waals surface area contributed by atoms with E-state index < -0.39 is 10.0 Å². The standard InChI is InChI=1S/C13H11BrClN3O2S.C2H6/c1-8-2-4-9(5-3-8)21(19,20)18-13-11(12(14)16)10(15)6-7-17-13;1-2/h2-7,16H,1H3,(H,17,18);1-2H3. The lowest BCUT2D eigenvalue weighted by molar-refractivity contribution is 0.601. The largest absolute Gasteiger partial charge is 0.293 e. The highest BCUT2D eigenvalue weighted by molar-refractivity contribution is 9.18. The van der Waals surface area contributed by atoms with E-state index in [1.54, 1.807) is 12.1 Å². The van der Waals surface area contributed by atoms with Crippen LogP contribution in [0.15, 0.2) is 41.4 Å². The van der Waals surface area contributed by atoms with Gasteiger partial charge in [0.15, 0.2) is 5.82 Å². The fourth-order valence-corrected chi connectivity index (χ4v) is 3.41. The van der Waals surface area contributed by atoms with E-state index in [-0.39, 0.29) is 25.9 Å². The van der Waals surface area contributed by atoms with Crippen molar-refractivity contribution < 1.29 is 8.42 Å². The molecule has 1 aromatic heterocycles. The van der Waals surface area contributed by atoms with Crippen LogP contribution in [0.2, 0.25) is 5.02 Å². The number of halogens is 2. The Labute approximate surface area is 149 Å². The number of aryl methyl sites for hydroxylation is 1. The number of anilines is 1. The summed E-state index contributed by atoms with van der Waals surface area (Å²) < 4.78 is 26.9. The van der Waals surface area contributed by atoms with Gasteiger partial charge in [-0.05, 0) is 41.1 Å². The van der Waals surface area contributed by atoms with Crippen molar-refractivity contribution in [3.63, 3.8) is 0 Å². The molecule has 124 valence electrons. The fraction of sp³-hybridized carbons (Fsp3) is 0.200. The number of hydrogen-bond acceptors (Lipinski definition) is 4. The molecule has 0 spiro atoms. The van der Waals surface area contributed by atoms with Crippen LogP contribution in [0.25, 0.3) is 0 Å². The number of sulfonamides is 1. The third kappa shape index (κ3) is 5.02. The molecule has 1 aromatic carbocycles. The van der Waals surface area contributed by atoms with Gasteiger partial charge in [0.1, 0.15) is 4.62 Å². The Kier molecular flexibility index (Phi) is 7.18. The molecule has 5 nitrogen and oxygen atoms in total. The van der Waals surface area contributed by atoms with E-state index in [0.717, 1.165) is 5.56 Å². The van der Waals surface area contributed by atoms with E-state index >= 15 is 0 Å². The normalized spacial score (nSPS) is 10.5. The number of aromatic nitrogens is 1. The first-order valence-corrected chi connectivity index (χ1v) is 9.45. The van der Waals surface area contributed by atoms with Crippen molar-refractivity contribution in [1.29, 1.82) is 5.41 Å². The summed E-state index contributed by atoms with van der Waals surface area (Å²) in [5.41, 5.74) is 1.15. The van der Waals surface area contributed by atoms with E-state index in [0.29, 0.717) is 0 Å². The van der Waals surface area contributed by atoms with Gasteiger partial charge in [0.25, 0.3) is 10.0 Å². The highest BCUT2D eigenvalue weighted by atomic mass is 79.9. The van der Waals surface area contributed by atoms with E-state index in [1.165, 1.54) is 24.4 Å². The van der Waals surface area contributed by atoms with Gasteiger partial charge in [-0.2, -0.15) is 0 Å². The molecule has 0 saturated carbocycles. The quantitative estimate of drug-likeness (QED) is 0.712. The summed E-state index contributed by atoms with van der Waals surface area (Å²) in [6.45, 7) is 5.87. The number of pyridine rings is 1. The molecule has 0 aliphatic carbocycles. The number of nitrogens with zero attached hydrogens (tertiary/aromatic N) is 1. The van der Waals surface area contributed by atoms with Crippen LogP contribution in [0.3, 0.4) is 0 Å². The van der Waals surface area contributed by atoms with Crippen LogP contribution in [0, 0.1) is 12.3 Å². The van der Waals surface area contributed by atoms with Gasteiger partial charge < -0.3 is 0 Å². The zero-order chi connectivity index (χ0) is 17.6. The van der Waals surface area contributed by atoms with Crippen LogP contribution in [-0.2, 0) is 10.0 Å². The first kappa shape index (κ1) is 19.6. The van der Waals surface area contributed by atoms with Crippen molar-refractivity contribution in [2.24, 2.45) is 0 Å². The minimum atomic E-state index is -3.79. The molecule has 0 amide bonds. The summed E-state index contributed by atoms with van der Waals surface area (Å²) in [6.07, 6.45) is 1.37. The smallest absolute Gasteiger partial charge is 0.263 e. The lowest BCUT2D eigenvalue weighted by Crippen LogP contribution is -2.16. The maximum atomic E-state index is 12.3. The topological polar surface area (TPSA) is 82.9 Å². The van der Waals surface area contributed by atoms with Crippen LogP contribution in [0.1, 0.15) is 25.0 Å². The highest BCUT2D eigenvalue weighted by Crippen LogP contribution is 2.26. The Morgan fingerprint density at radius 1 is 1.22 bits per heavy atom. The molecule has 0 radical (unpaired) electrons. The summed E-state index contributed by atoms with van der Waals surface area (Å²) >= 11 is 8.96. The van der Waals surface area contributed by atoms with Gasteiger partial charge in [-0.3, -0.25) is 10.1 Å². The molecule has 2 aromatic rings. The average Bonchev–Trinajstić information content (AvgIpc) is 2.49. The Bertz CT molecular complexity index is 793. The Balaban J connectivity index is 0.00000127.